The minimum Gasteiger partial charge on any atom is -0.481 e. The van der Waals surface area contributed by atoms with Gasteiger partial charge in [0.05, 0.1) is 12.7 Å². The fraction of sp³-hybridized carbons (Fsp3) is 0.462. The van der Waals surface area contributed by atoms with Gasteiger partial charge in [0, 0.05) is 31.3 Å². The molecule has 1 aromatic rings. The molecule has 19 heavy (non-hydrogen) atoms. The highest BCUT2D eigenvalue weighted by Crippen LogP contribution is 2.19. The number of carbonyl (C=O) groups excluding carboxylic acids is 2. The van der Waals surface area contributed by atoms with Gasteiger partial charge in [-0.05, 0) is 18.9 Å². The Morgan fingerprint density at radius 3 is 2.53 bits per heavy atom. The number of hydrogen-bond acceptors (Lipinski definition) is 4. The maximum absolute atomic E-state index is 12.2. The van der Waals surface area contributed by atoms with Crippen molar-refractivity contribution in [1.82, 2.24) is 9.88 Å². The maximum Gasteiger partial charge on any atom is 0.255 e. The summed E-state index contributed by atoms with van der Waals surface area (Å²) >= 11 is 0. The number of nitrogens with zero attached hydrogens (tertiary/aromatic N) is 2. The Labute approximate surface area is 111 Å². The number of carbonyl (C=O) groups is 2. The molecule has 1 aromatic heterocycles. The number of amides is 2. The van der Waals surface area contributed by atoms with Gasteiger partial charge in [0.25, 0.3) is 5.91 Å². The van der Waals surface area contributed by atoms with Crippen LogP contribution in [0, 0.1) is 5.92 Å². The van der Waals surface area contributed by atoms with Crippen LogP contribution in [-0.2, 0) is 4.79 Å². The number of piperidine rings is 1. The van der Waals surface area contributed by atoms with Gasteiger partial charge in [-0.15, -0.1) is 0 Å². The smallest absolute Gasteiger partial charge is 0.255 e. The summed E-state index contributed by atoms with van der Waals surface area (Å²) in [5, 5.41) is 0. The Morgan fingerprint density at radius 1 is 1.37 bits per heavy atom. The number of ether oxygens (including phenoxy) is 1. The molecule has 0 aliphatic carbocycles. The first kappa shape index (κ1) is 13.3. The average molecular weight is 263 g/mol. The summed E-state index contributed by atoms with van der Waals surface area (Å²) in [4.78, 5) is 29.0. The number of methoxy groups -OCH3 is 1. The summed E-state index contributed by atoms with van der Waals surface area (Å²) in [7, 11) is 1.53. The van der Waals surface area contributed by atoms with Crippen molar-refractivity contribution >= 4 is 11.8 Å². The van der Waals surface area contributed by atoms with E-state index in [0.717, 1.165) is 0 Å². The van der Waals surface area contributed by atoms with Gasteiger partial charge in [-0.3, -0.25) is 9.59 Å². The summed E-state index contributed by atoms with van der Waals surface area (Å²) in [5.41, 5.74) is 5.79. The molecule has 102 valence electrons. The summed E-state index contributed by atoms with van der Waals surface area (Å²) < 4.78 is 4.95. The van der Waals surface area contributed by atoms with Crippen molar-refractivity contribution in [3.8, 4) is 5.88 Å². The molecule has 1 saturated heterocycles. The number of pyridine rings is 1. The Kier molecular flexibility index (Phi) is 3.99. The lowest BCUT2D eigenvalue weighted by Crippen LogP contribution is -2.41. The third-order valence-electron chi connectivity index (χ3n) is 3.38. The predicted octanol–water partition coefficient (Wildman–Crippen LogP) is 0.428. The largest absolute Gasteiger partial charge is 0.481 e. The van der Waals surface area contributed by atoms with Crippen LogP contribution in [0.4, 0.5) is 0 Å². The standard InChI is InChI=1S/C13H17N3O3/c1-19-11-3-2-10(8-15-11)13(18)16-6-4-9(5-7-16)12(14)17/h2-3,8-9H,4-7H2,1H3,(H2,14,17). The Balaban J connectivity index is 1.98. The van der Waals surface area contributed by atoms with Gasteiger partial charge in [0.15, 0.2) is 0 Å². The lowest BCUT2D eigenvalue weighted by molar-refractivity contribution is -0.123. The van der Waals surface area contributed by atoms with Crippen molar-refractivity contribution in [2.24, 2.45) is 11.7 Å². The molecule has 0 spiro atoms. The molecule has 1 fully saturated rings. The van der Waals surface area contributed by atoms with Crippen LogP contribution in [0.5, 0.6) is 5.88 Å². The van der Waals surface area contributed by atoms with E-state index in [1.165, 1.54) is 13.3 Å². The maximum atomic E-state index is 12.2. The molecule has 0 saturated carbocycles. The Hall–Kier alpha value is -2.11. The minimum atomic E-state index is -0.279. The molecular weight excluding hydrogens is 246 g/mol. The Bertz CT molecular complexity index is 465. The van der Waals surface area contributed by atoms with Crippen molar-refractivity contribution < 1.29 is 14.3 Å². The molecule has 1 aliphatic heterocycles. The van der Waals surface area contributed by atoms with Gasteiger partial charge in [-0.2, -0.15) is 0 Å². The van der Waals surface area contributed by atoms with Crippen LogP contribution in [-0.4, -0.2) is 41.9 Å². The molecule has 6 heteroatoms. The summed E-state index contributed by atoms with van der Waals surface area (Å²) in [6.45, 7) is 1.11. The molecule has 2 rings (SSSR count). The van der Waals surface area contributed by atoms with Crippen molar-refractivity contribution in [1.29, 1.82) is 0 Å². The van der Waals surface area contributed by atoms with Gasteiger partial charge in [-0.1, -0.05) is 0 Å². The third-order valence-corrected chi connectivity index (χ3v) is 3.38. The van der Waals surface area contributed by atoms with E-state index in [2.05, 4.69) is 4.98 Å². The number of aromatic nitrogens is 1. The second-order valence-electron chi connectivity index (χ2n) is 4.56. The van der Waals surface area contributed by atoms with Crippen LogP contribution in [0.3, 0.4) is 0 Å². The fourth-order valence-corrected chi connectivity index (χ4v) is 2.18. The van der Waals surface area contributed by atoms with Gasteiger partial charge < -0.3 is 15.4 Å². The quantitative estimate of drug-likeness (QED) is 0.856. The zero-order chi connectivity index (χ0) is 13.8. The van der Waals surface area contributed by atoms with Crippen LogP contribution in [0.1, 0.15) is 23.2 Å². The van der Waals surface area contributed by atoms with Crippen LogP contribution < -0.4 is 10.5 Å². The third kappa shape index (κ3) is 3.01. The number of nitrogens with two attached hydrogens (primary N) is 1. The number of primary amides is 1. The highest BCUT2D eigenvalue weighted by molar-refractivity contribution is 5.94. The summed E-state index contributed by atoms with van der Waals surface area (Å²) in [5.74, 6) is 0.0123. The predicted molar refractivity (Wildman–Crippen MR) is 68.6 cm³/mol. The number of rotatable bonds is 3. The molecule has 2 heterocycles. The monoisotopic (exact) mass is 263 g/mol. The minimum absolute atomic E-state index is 0.0712. The highest BCUT2D eigenvalue weighted by atomic mass is 16.5. The summed E-state index contributed by atoms with van der Waals surface area (Å²) in [6, 6.07) is 3.34. The molecule has 2 amide bonds. The van der Waals surface area contributed by atoms with E-state index >= 15 is 0 Å². The Morgan fingerprint density at radius 2 is 2.05 bits per heavy atom. The van der Waals surface area contributed by atoms with Gasteiger partial charge in [-0.25, -0.2) is 4.98 Å². The average Bonchev–Trinajstić information content (AvgIpc) is 2.46. The van der Waals surface area contributed by atoms with Crippen molar-refractivity contribution in [3.05, 3.63) is 23.9 Å². The molecule has 0 unspecified atom stereocenters. The lowest BCUT2D eigenvalue weighted by Gasteiger charge is -2.30. The molecule has 6 nitrogen and oxygen atoms in total. The van der Waals surface area contributed by atoms with Crippen LogP contribution in [0.25, 0.3) is 0 Å². The van der Waals surface area contributed by atoms with Gasteiger partial charge in [0.2, 0.25) is 11.8 Å². The molecule has 0 aromatic carbocycles. The molecule has 0 radical (unpaired) electrons. The van der Waals surface area contributed by atoms with Crippen LogP contribution >= 0.6 is 0 Å². The zero-order valence-corrected chi connectivity index (χ0v) is 10.8. The molecule has 2 N–H and O–H groups in total. The molecule has 0 bridgehead atoms. The summed E-state index contributed by atoms with van der Waals surface area (Å²) in [6.07, 6.45) is 2.76. The van der Waals surface area contributed by atoms with E-state index in [1.54, 1.807) is 17.0 Å². The molecule has 0 atom stereocenters. The lowest BCUT2D eigenvalue weighted by atomic mass is 9.96. The normalized spacial score (nSPS) is 16.2. The first-order valence-corrected chi connectivity index (χ1v) is 6.20. The SMILES string of the molecule is COc1ccc(C(=O)N2CCC(C(N)=O)CC2)cn1. The zero-order valence-electron chi connectivity index (χ0n) is 10.8. The fourth-order valence-electron chi connectivity index (χ4n) is 2.18. The van der Waals surface area contributed by atoms with E-state index in [9.17, 15) is 9.59 Å². The van der Waals surface area contributed by atoms with Crippen molar-refractivity contribution in [3.63, 3.8) is 0 Å². The van der Waals surface area contributed by atoms with E-state index in [4.69, 9.17) is 10.5 Å². The van der Waals surface area contributed by atoms with Crippen molar-refractivity contribution in [2.75, 3.05) is 20.2 Å². The van der Waals surface area contributed by atoms with E-state index in [1.807, 2.05) is 0 Å². The van der Waals surface area contributed by atoms with Crippen molar-refractivity contribution in [2.45, 2.75) is 12.8 Å². The van der Waals surface area contributed by atoms with Gasteiger partial charge >= 0.3 is 0 Å². The first-order chi connectivity index (χ1) is 9.11. The second kappa shape index (κ2) is 5.69. The van der Waals surface area contributed by atoms with Crippen LogP contribution in [0.2, 0.25) is 0 Å². The van der Waals surface area contributed by atoms with E-state index in [-0.39, 0.29) is 17.7 Å². The van der Waals surface area contributed by atoms with Gasteiger partial charge in [0.1, 0.15) is 0 Å². The molecular formula is C13H17N3O3. The van der Waals surface area contributed by atoms with Crippen LogP contribution in [0.15, 0.2) is 18.3 Å². The van der Waals surface area contributed by atoms with E-state index < -0.39 is 0 Å². The topological polar surface area (TPSA) is 85.5 Å². The number of likely N-dealkylation sites (tertiary alicyclic amines) is 1. The number of hydrogen-bond donors (Lipinski definition) is 1. The highest BCUT2D eigenvalue weighted by Gasteiger charge is 2.26. The second-order valence-corrected chi connectivity index (χ2v) is 4.56. The molecule has 1 aliphatic rings. The van der Waals surface area contributed by atoms with E-state index in [0.29, 0.717) is 37.4 Å². The first-order valence-electron chi connectivity index (χ1n) is 6.20.